The van der Waals surface area contributed by atoms with Crippen molar-refractivity contribution < 1.29 is 23.5 Å². The first-order valence-corrected chi connectivity index (χ1v) is 9.07. The van der Waals surface area contributed by atoms with Gasteiger partial charge in [0.2, 0.25) is 0 Å². The predicted octanol–water partition coefficient (Wildman–Crippen LogP) is 3.23. The van der Waals surface area contributed by atoms with Crippen LogP contribution < -0.4 is 10.6 Å². The summed E-state index contributed by atoms with van der Waals surface area (Å²) in [5.74, 6) is -2.05. The van der Waals surface area contributed by atoms with Crippen molar-refractivity contribution in [2.45, 2.75) is 26.8 Å². The van der Waals surface area contributed by atoms with Crippen molar-refractivity contribution in [2.24, 2.45) is 5.92 Å². The molecule has 0 aliphatic heterocycles. The fourth-order valence-corrected chi connectivity index (χ4v) is 2.55. The lowest BCUT2D eigenvalue weighted by atomic mass is 10.0. The van der Waals surface area contributed by atoms with Gasteiger partial charge in [0, 0.05) is 6.20 Å². The van der Waals surface area contributed by atoms with E-state index in [1.165, 1.54) is 18.5 Å². The summed E-state index contributed by atoms with van der Waals surface area (Å²) in [6.45, 7) is 4.57. The van der Waals surface area contributed by atoms with Gasteiger partial charge in [-0.1, -0.05) is 37.0 Å². The van der Waals surface area contributed by atoms with Gasteiger partial charge < -0.3 is 19.8 Å². The van der Waals surface area contributed by atoms with E-state index < -0.39 is 30.4 Å². The van der Waals surface area contributed by atoms with Crippen molar-refractivity contribution in [3.05, 3.63) is 46.0 Å². The minimum absolute atomic E-state index is 0.0648. The Hall–Kier alpha value is -2.58. The summed E-state index contributed by atoms with van der Waals surface area (Å²) in [5, 5.41) is 5.53. The normalized spacial score (nSPS) is 11.8. The van der Waals surface area contributed by atoms with Crippen LogP contribution in [0.15, 0.2) is 29.0 Å². The highest BCUT2D eigenvalue weighted by molar-refractivity contribution is 6.37. The Morgan fingerprint density at radius 1 is 1.29 bits per heavy atom. The van der Waals surface area contributed by atoms with Crippen LogP contribution in [0.1, 0.15) is 30.0 Å². The molecule has 0 fully saturated rings. The maximum Gasteiger partial charge on any atom is 0.329 e. The van der Waals surface area contributed by atoms with E-state index in [4.69, 9.17) is 32.4 Å². The molecule has 2 amide bonds. The summed E-state index contributed by atoms with van der Waals surface area (Å²) in [7, 11) is 0. The molecule has 0 bridgehead atoms. The van der Waals surface area contributed by atoms with E-state index in [0.29, 0.717) is 10.6 Å². The van der Waals surface area contributed by atoms with Gasteiger partial charge in [0.25, 0.3) is 11.8 Å². The zero-order chi connectivity index (χ0) is 20.8. The first kappa shape index (κ1) is 21.7. The molecular formula is C18H19Cl2N3O5. The predicted molar refractivity (Wildman–Crippen MR) is 103 cm³/mol. The van der Waals surface area contributed by atoms with Gasteiger partial charge in [-0.15, -0.1) is 0 Å². The van der Waals surface area contributed by atoms with Gasteiger partial charge >= 0.3 is 5.97 Å². The smallest absolute Gasteiger partial charge is 0.329 e. The molecule has 2 rings (SSSR count). The third-order valence-electron chi connectivity index (χ3n) is 3.76. The lowest BCUT2D eigenvalue weighted by Crippen LogP contribution is -2.45. The molecule has 0 saturated carbocycles. The quantitative estimate of drug-likeness (QED) is 0.656. The Balaban J connectivity index is 1.94. The Labute approximate surface area is 171 Å². The number of esters is 1. The molecule has 2 aromatic rings. The highest BCUT2D eigenvalue weighted by atomic mass is 35.5. The summed E-state index contributed by atoms with van der Waals surface area (Å²) in [5.41, 5.74) is 0.561. The Kier molecular flexibility index (Phi) is 7.42. The summed E-state index contributed by atoms with van der Waals surface area (Å²) in [4.78, 5) is 40.4. The highest BCUT2D eigenvalue weighted by Gasteiger charge is 2.27. The summed E-state index contributed by atoms with van der Waals surface area (Å²) < 4.78 is 10.0. The largest absolute Gasteiger partial charge is 0.459 e. The molecule has 150 valence electrons. The number of pyridine rings is 1. The number of ether oxygens (including phenoxy) is 1. The average Bonchev–Trinajstić information content (AvgIpc) is 3.19. The Morgan fingerprint density at radius 2 is 2.00 bits per heavy atom. The molecule has 2 aromatic heterocycles. The summed E-state index contributed by atoms with van der Waals surface area (Å²) in [6.07, 6.45) is 2.70. The molecule has 8 nitrogen and oxygen atoms in total. The van der Waals surface area contributed by atoms with Crippen molar-refractivity contribution in [3.63, 3.8) is 0 Å². The van der Waals surface area contributed by atoms with E-state index in [2.05, 4.69) is 15.6 Å². The standard InChI is InChI=1S/C18H19Cl2N3O5/c1-9(2)15(23-17(25)12-5-4-6-27-12)18(26)28-8-13(24)22-16-14(20)10(3)11(19)7-21-16/h4-7,9,15H,8H2,1-3H3,(H,23,25)(H,21,22,24)/t15-/m0/s1. The zero-order valence-corrected chi connectivity index (χ0v) is 16.9. The van der Waals surface area contributed by atoms with Crippen LogP contribution in [0, 0.1) is 12.8 Å². The van der Waals surface area contributed by atoms with Gasteiger partial charge in [0.1, 0.15) is 6.04 Å². The number of furan rings is 1. The van der Waals surface area contributed by atoms with Crippen LogP contribution in [0.5, 0.6) is 0 Å². The van der Waals surface area contributed by atoms with E-state index in [1.807, 2.05) is 0 Å². The molecule has 0 aromatic carbocycles. The first-order chi connectivity index (χ1) is 13.2. The molecular weight excluding hydrogens is 409 g/mol. The third kappa shape index (κ3) is 5.46. The molecule has 0 saturated heterocycles. The number of hydrogen-bond acceptors (Lipinski definition) is 6. The van der Waals surface area contributed by atoms with Crippen molar-refractivity contribution >= 4 is 46.8 Å². The second kappa shape index (κ2) is 9.57. The maximum atomic E-state index is 12.3. The minimum atomic E-state index is -0.954. The van der Waals surface area contributed by atoms with Gasteiger partial charge in [-0.3, -0.25) is 9.59 Å². The summed E-state index contributed by atoms with van der Waals surface area (Å²) >= 11 is 12.0. The molecule has 10 heteroatoms. The summed E-state index contributed by atoms with van der Waals surface area (Å²) in [6, 6.07) is 2.07. The van der Waals surface area contributed by atoms with E-state index in [1.54, 1.807) is 26.8 Å². The Morgan fingerprint density at radius 3 is 2.61 bits per heavy atom. The van der Waals surface area contributed by atoms with Crippen molar-refractivity contribution in [2.75, 3.05) is 11.9 Å². The van der Waals surface area contributed by atoms with Crippen LogP contribution in [0.4, 0.5) is 5.82 Å². The van der Waals surface area contributed by atoms with Crippen LogP contribution in [0.3, 0.4) is 0 Å². The molecule has 0 spiro atoms. The molecule has 2 N–H and O–H groups in total. The van der Waals surface area contributed by atoms with Gasteiger partial charge in [0.15, 0.2) is 18.2 Å². The monoisotopic (exact) mass is 427 g/mol. The molecule has 1 atom stereocenters. The van der Waals surface area contributed by atoms with E-state index >= 15 is 0 Å². The lowest BCUT2D eigenvalue weighted by molar-refractivity contribution is -0.150. The van der Waals surface area contributed by atoms with E-state index in [-0.39, 0.29) is 22.5 Å². The van der Waals surface area contributed by atoms with Crippen LogP contribution >= 0.6 is 23.2 Å². The van der Waals surface area contributed by atoms with Crippen LogP contribution in [0.2, 0.25) is 10.0 Å². The number of carbonyl (C=O) groups excluding carboxylic acids is 3. The average molecular weight is 428 g/mol. The number of nitrogens with one attached hydrogen (secondary N) is 2. The number of hydrogen-bond donors (Lipinski definition) is 2. The van der Waals surface area contributed by atoms with E-state index in [9.17, 15) is 14.4 Å². The zero-order valence-electron chi connectivity index (χ0n) is 15.4. The second-order valence-corrected chi connectivity index (χ2v) is 7.01. The number of carbonyl (C=O) groups is 3. The SMILES string of the molecule is Cc1c(Cl)cnc(NC(=O)COC(=O)[C@@H](NC(=O)c2ccco2)C(C)C)c1Cl. The number of anilines is 1. The lowest BCUT2D eigenvalue weighted by Gasteiger charge is -2.20. The molecule has 28 heavy (non-hydrogen) atoms. The van der Waals surface area contributed by atoms with Crippen LogP contribution in [-0.2, 0) is 14.3 Å². The fraction of sp³-hybridized carbons (Fsp3) is 0.333. The van der Waals surface area contributed by atoms with Gasteiger partial charge in [0.05, 0.1) is 16.3 Å². The maximum absolute atomic E-state index is 12.3. The topological polar surface area (TPSA) is 111 Å². The van der Waals surface area contributed by atoms with Gasteiger partial charge in [-0.2, -0.15) is 0 Å². The van der Waals surface area contributed by atoms with Crippen molar-refractivity contribution in [1.29, 1.82) is 0 Å². The number of nitrogens with zero attached hydrogens (tertiary/aromatic N) is 1. The fourth-order valence-electron chi connectivity index (χ4n) is 2.16. The first-order valence-electron chi connectivity index (χ1n) is 8.32. The van der Waals surface area contributed by atoms with Crippen molar-refractivity contribution in [1.82, 2.24) is 10.3 Å². The van der Waals surface area contributed by atoms with E-state index in [0.717, 1.165) is 0 Å². The minimum Gasteiger partial charge on any atom is -0.459 e. The number of aromatic nitrogens is 1. The van der Waals surface area contributed by atoms with Crippen LogP contribution in [0.25, 0.3) is 0 Å². The number of rotatable bonds is 7. The van der Waals surface area contributed by atoms with Gasteiger partial charge in [-0.25, -0.2) is 9.78 Å². The Bertz CT molecular complexity index is 868. The van der Waals surface area contributed by atoms with Crippen LogP contribution in [-0.4, -0.2) is 35.4 Å². The van der Waals surface area contributed by atoms with Crippen molar-refractivity contribution in [3.8, 4) is 0 Å². The highest BCUT2D eigenvalue weighted by Crippen LogP contribution is 2.28. The second-order valence-electron chi connectivity index (χ2n) is 6.22. The number of halogens is 2. The number of amides is 2. The molecule has 0 aliphatic carbocycles. The molecule has 0 radical (unpaired) electrons. The van der Waals surface area contributed by atoms with Gasteiger partial charge in [-0.05, 0) is 30.5 Å². The third-order valence-corrected chi connectivity index (χ3v) is 4.60. The molecule has 2 heterocycles. The molecule has 0 unspecified atom stereocenters. The molecule has 0 aliphatic rings.